The molecule has 1 aromatic carbocycles. The summed E-state index contributed by atoms with van der Waals surface area (Å²) >= 11 is 0. The first-order valence-electron chi connectivity index (χ1n) is 9.82. The van der Waals surface area contributed by atoms with E-state index in [4.69, 9.17) is 4.74 Å². The van der Waals surface area contributed by atoms with Gasteiger partial charge in [0.05, 0.1) is 0 Å². The van der Waals surface area contributed by atoms with E-state index in [1.807, 2.05) is 31.2 Å². The third kappa shape index (κ3) is 5.39. The minimum atomic E-state index is -0.308. The van der Waals surface area contributed by atoms with Gasteiger partial charge in [-0.25, -0.2) is 0 Å². The summed E-state index contributed by atoms with van der Waals surface area (Å²) in [5, 5.41) is 3.04. The summed E-state index contributed by atoms with van der Waals surface area (Å²) in [4.78, 5) is 38.5. The van der Waals surface area contributed by atoms with Crippen LogP contribution in [0.4, 0.5) is 0 Å². The van der Waals surface area contributed by atoms with Crippen LogP contribution in [-0.2, 0) is 14.3 Å². The minimum absolute atomic E-state index is 0.00191. The standard InChI is InChI=1S/C21H28N2O4/c1-15-4-6-16(7-5-15)18(24)8-9-20(25)23-12-10-17(11-13-23)22-21(26)19-3-2-14-27-19/h4-7,17,19H,2-3,8-14H2,1H3,(H,22,26). The predicted molar refractivity (Wildman–Crippen MR) is 101 cm³/mol. The molecule has 27 heavy (non-hydrogen) atoms. The summed E-state index contributed by atoms with van der Waals surface area (Å²) in [6.45, 7) is 3.87. The van der Waals surface area contributed by atoms with Gasteiger partial charge in [0, 0.05) is 44.1 Å². The molecule has 146 valence electrons. The van der Waals surface area contributed by atoms with Gasteiger partial charge in [0.1, 0.15) is 6.10 Å². The lowest BCUT2D eigenvalue weighted by atomic mass is 10.0. The van der Waals surface area contributed by atoms with Crippen molar-refractivity contribution in [2.24, 2.45) is 0 Å². The monoisotopic (exact) mass is 372 g/mol. The number of benzene rings is 1. The number of likely N-dealkylation sites (tertiary alicyclic amines) is 1. The van der Waals surface area contributed by atoms with E-state index in [0.29, 0.717) is 25.3 Å². The van der Waals surface area contributed by atoms with Crippen LogP contribution >= 0.6 is 0 Å². The topological polar surface area (TPSA) is 75.7 Å². The quantitative estimate of drug-likeness (QED) is 0.777. The van der Waals surface area contributed by atoms with E-state index >= 15 is 0 Å². The molecule has 1 unspecified atom stereocenters. The number of ketones is 1. The zero-order valence-electron chi connectivity index (χ0n) is 15.9. The summed E-state index contributed by atoms with van der Waals surface area (Å²) < 4.78 is 5.40. The Morgan fingerprint density at radius 1 is 1.07 bits per heavy atom. The van der Waals surface area contributed by atoms with Gasteiger partial charge in [0.2, 0.25) is 11.8 Å². The molecular weight excluding hydrogens is 344 g/mol. The number of amides is 2. The first kappa shape index (κ1) is 19.5. The van der Waals surface area contributed by atoms with Crippen LogP contribution in [0.5, 0.6) is 0 Å². The molecule has 2 aliphatic rings. The molecule has 1 aromatic rings. The molecule has 1 atom stereocenters. The molecule has 6 nitrogen and oxygen atoms in total. The van der Waals surface area contributed by atoms with Crippen molar-refractivity contribution in [3.63, 3.8) is 0 Å². The SMILES string of the molecule is Cc1ccc(C(=O)CCC(=O)N2CCC(NC(=O)C3CCCO3)CC2)cc1. The number of carbonyl (C=O) groups is 3. The molecule has 2 aliphatic heterocycles. The third-order valence-corrected chi connectivity index (χ3v) is 5.36. The number of carbonyl (C=O) groups excluding carboxylic acids is 3. The van der Waals surface area contributed by atoms with Gasteiger partial charge in [0.15, 0.2) is 5.78 Å². The fraction of sp³-hybridized carbons (Fsp3) is 0.571. The first-order valence-corrected chi connectivity index (χ1v) is 9.82. The van der Waals surface area contributed by atoms with Crippen molar-refractivity contribution in [2.45, 2.75) is 57.6 Å². The van der Waals surface area contributed by atoms with Crippen LogP contribution < -0.4 is 5.32 Å². The average molecular weight is 372 g/mol. The summed E-state index contributed by atoms with van der Waals surface area (Å²) in [7, 11) is 0. The molecule has 0 radical (unpaired) electrons. The number of nitrogens with one attached hydrogen (secondary N) is 1. The Morgan fingerprint density at radius 3 is 2.41 bits per heavy atom. The van der Waals surface area contributed by atoms with E-state index in [1.165, 1.54) is 0 Å². The fourth-order valence-corrected chi connectivity index (χ4v) is 3.61. The number of rotatable bonds is 6. The Hall–Kier alpha value is -2.21. The van der Waals surface area contributed by atoms with Crippen LogP contribution in [0.15, 0.2) is 24.3 Å². The number of nitrogens with zero attached hydrogens (tertiary/aromatic N) is 1. The Morgan fingerprint density at radius 2 is 1.78 bits per heavy atom. The van der Waals surface area contributed by atoms with Crippen LogP contribution in [0.2, 0.25) is 0 Å². The zero-order valence-corrected chi connectivity index (χ0v) is 15.9. The maximum Gasteiger partial charge on any atom is 0.249 e. The maximum absolute atomic E-state index is 12.4. The molecule has 0 aromatic heterocycles. The van der Waals surface area contributed by atoms with E-state index in [2.05, 4.69) is 5.32 Å². The molecule has 2 heterocycles. The second-order valence-corrected chi connectivity index (χ2v) is 7.45. The second-order valence-electron chi connectivity index (χ2n) is 7.45. The lowest BCUT2D eigenvalue weighted by Gasteiger charge is -2.32. The van der Waals surface area contributed by atoms with Gasteiger partial charge in [-0.15, -0.1) is 0 Å². The molecule has 0 aliphatic carbocycles. The van der Waals surface area contributed by atoms with E-state index < -0.39 is 0 Å². The van der Waals surface area contributed by atoms with Crippen molar-refractivity contribution >= 4 is 17.6 Å². The highest BCUT2D eigenvalue weighted by Gasteiger charge is 2.28. The Balaban J connectivity index is 1.38. The van der Waals surface area contributed by atoms with Gasteiger partial charge >= 0.3 is 0 Å². The molecule has 0 spiro atoms. The predicted octanol–water partition coefficient (Wildman–Crippen LogP) is 2.24. The van der Waals surface area contributed by atoms with Crippen LogP contribution in [-0.4, -0.2) is 54.3 Å². The normalized spacial score (nSPS) is 20.5. The number of hydrogen-bond donors (Lipinski definition) is 1. The number of aryl methyl sites for hydroxylation is 1. The van der Waals surface area contributed by atoms with Crippen molar-refractivity contribution in [1.29, 1.82) is 0 Å². The molecule has 6 heteroatoms. The van der Waals surface area contributed by atoms with Crippen LogP contribution in [0.1, 0.15) is 54.4 Å². The summed E-state index contributed by atoms with van der Waals surface area (Å²) in [6.07, 6.45) is 3.38. The van der Waals surface area contributed by atoms with Gasteiger partial charge < -0.3 is 15.0 Å². The van der Waals surface area contributed by atoms with Gasteiger partial charge in [-0.05, 0) is 32.6 Å². The average Bonchev–Trinajstić information content (AvgIpc) is 3.22. The Kier molecular flexibility index (Phi) is 6.61. The third-order valence-electron chi connectivity index (χ3n) is 5.36. The number of hydrogen-bond acceptors (Lipinski definition) is 4. The molecule has 3 rings (SSSR count). The lowest BCUT2D eigenvalue weighted by Crippen LogP contribution is -2.48. The van der Waals surface area contributed by atoms with Crippen molar-refractivity contribution in [1.82, 2.24) is 10.2 Å². The summed E-state index contributed by atoms with van der Waals surface area (Å²) in [6, 6.07) is 7.53. The second kappa shape index (κ2) is 9.13. The van der Waals surface area contributed by atoms with Crippen molar-refractivity contribution in [3.05, 3.63) is 35.4 Å². The van der Waals surface area contributed by atoms with Crippen LogP contribution in [0, 0.1) is 6.92 Å². The molecule has 2 saturated heterocycles. The van der Waals surface area contributed by atoms with Crippen molar-refractivity contribution in [3.8, 4) is 0 Å². The maximum atomic E-state index is 12.4. The molecular formula is C21H28N2O4. The molecule has 2 amide bonds. The van der Waals surface area contributed by atoms with Gasteiger partial charge in [-0.3, -0.25) is 14.4 Å². The zero-order chi connectivity index (χ0) is 19.2. The van der Waals surface area contributed by atoms with Gasteiger partial charge in [-0.2, -0.15) is 0 Å². The highest BCUT2D eigenvalue weighted by Crippen LogP contribution is 2.16. The molecule has 0 saturated carbocycles. The smallest absolute Gasteiger partial charge is 0.249 e. The highest BCUT2D eigenvalue weighted by molar-refractivity contribution is 5.98. The lowest BCUT2D eigenvalue weighted by molar-refractivity contribution is -0.133. The van der Waals surface area contributed by atoms with Crippen molar-refractivity contribution in [2.75, 3.05) is 19.7 Å². The fourth-order valence-electron chi connectivity index (χ4n) is 3.61. The Labute approximate surface area is 160 Å². The number of piperidine rings is 1. The summed E-state index contributed by atoms with van der Waals surface area (Å²) in [5.41, 5.74) is 1.76. The van der Waals surface area contributed by atoms with E-state index in [-0.39, 0.29) is 42.6 Å². The first-order chi connectivity index (χ1) is 13.0. The Bertz CT molecular complexity index is 672. The minimum Gasteiger partial charge on any atom is -0.368 e. The van der Waals surface area contributed by atoms with Gasteiger partial charge in [-0.1, -0.05) is 29.8 Å². The molecule has 1 N–H and O–H groups in total. The van der Waals surface area contributed by atoms with E-state index in [1.54, 1.807) is 4.90 Å². The van der Waals surface area contributed by atoms with E-state index in [9.17, 15) is 14.4 Å². The number of Topliss-reactive ketones (excluding diaryl/α,β-unsaturated/α-hetero) is 1. The van der Waals surface area contributed by atoms with Gasteiger partial charge in [0.25, 0.3) is 0 Å². The number of ether oxygens (including phenoxy) is 1. The molecule has 2 fully saturated rings. The highest BCUT2D eigenvalue weighted by atomic mass is 16.5. The van der Waals surface area contributed by atoms with Crippen LogP contribution in [0.3, 0.4) is 0 Å². The van der Waals surface area contributed by atoms with E-state index in [0.717, 1.165) is 31.2 Å². The molecule has 0 bridgehead atoms. The van der Waals surface area contributed by atoms with Crippen molar-refractivity contribution < 1.29 is 19.1 Å². The summed E-state index contributed by atoms with van der Waals surface area (Å²) in [5.74, 6) is -0.0117. The largest absolute Gasteiger partial charge is 0.368 e. The van der Waals surface area contributed by atoms with Crippen LogP contribution in [0.25, 0.3) is 0 Å².